The van der Waals surface area contributed by atoms with Gasteiger partial charge in [0, 0.05) is 12.0 Å². The Morgan fingerprint density at radius 1 is 1.44 bits per heavy atom. The summed E-state index contributed by atoms with van der Waals surface area (Å²) in [6, 6.07) is 5.50. The van der Waals surface area contributed by atoms with Crippen molar-refractivity contribution in [3.05, 3.63) is 29.8 Å². The quantitative estimate of drug-likeness (QED) is 0.809. The third-order valence-corrected chi connectivity index (χ3v) is 2.29. The van der Waals surface area contributed by atoms with Gasteiger partial charge in [-0.1, -0.05) is 13.0 Å². The topological polar surface area (TPSA) is 66.4 Å². The summed E-state index contributed by atoms with van der Waals surface area (Å²) in [5.74, 6) is -0.346. The third-order valence-electron chi connectivity index (χ3n) is 2.29. The van der Waals surface area contributed by atoms with Crippen LogP contribution in [0.4, 0.5) is 0 Å². The predicted octanol–water partition coefficient (Wildman–Crippen LogP) is 1.49. The number of aromatic hydroxyl groups is 1. The Morgan fingerprint density at radius 3 is 2.69 bits per heavy atom. The van der Waals surface area contributed by atoms with E-state index in [1.54, 1.807) is 26.0 Å². The molecule has 1 aromatic rings. The highest BCUT2D eigenvalue weighted by Gasteiger charge is 2.14. The first-order valence-electron chi connectivity index (χ1n) is 5.17. The minimum absolute atomic E-state index is 0.0199. The van der Waals surface area contributed by atoms with Crippen LogP contribution in [0.25, 0.3) is 0 Å². The Kier molecular flexibility index (Phi) is 4.05. The first kappa shape index (κ1) is 12.2. The summed E-state index contributed by atoms with van der Waals surface area (Å²) in [5, 5.41) is 11.8. The molecule has 0 fully saturated rings. The number of carbonyl (C=O) groups excluding carboxylic acids is 2. The highest BCUT2D eigenvalue weighted by Crippen LogP contribution is 2.10. The number of amides is 1. The van der Waals surface area contributed by atoms with Gasteiger partial charge in [0.1, 0.15) is 5.75 Å². The van der Waals surface area contributed by atoms with E-state index < -0.39 is 6.04 Å². The van der Waals surface area contributed by atoms with Crippen LogP contribution in [-0.4, -0.2) is 22.8 Å². The molecule has 0 aliphatic rings. The van der Waals surface area contributed by atoms with E-state index >= 15 is 0 Å². The Labute approximate surface area is 94.3 Å². The van der Waals surface area contributed by atoms with Gasteiger partial charge in [-0.05, 0) is 25.1 Å². The van der Waals surface area contributed by atoms with Gasteiger partial charge in [0.15, 0.2) is 5.78 Å². The van der Waals surface area contributed by atoms with Crippen molar-refractivity contribution in [1.29, 1.82) is 0 Å². The lowest BCUT2D eigenvalue weighted by Crippen LogP contribution is -2.38. The zero-order valence-electron chi connectivity index (χ0n) is 9.36. The molecule has 0 saturated carbocycles. The number of phenolic OH excluding ortho intramolecular Hbond substituents is 1. The van der Waals surface area contributed by atoms with Gasteiger partial charge in [-0.25, -0.2) is 0 Å². The van der Waals surface area contributed by atoms with Crippen molar-refractivity contribution < 1.29 is 14.7 Å². The molecule has 0 aliphatic heterocycles. The van der Waals surface area contributed by atoms with E-state index in [0.29, 0.717) is 12.0 Å². The monoisotopic (exact) mass is 221 g/mol. The summed E-state index contributed by atoms with van der Waals surface area (Å²) in [4.78, 5) is 22.9. The van der Waals surface area contributed by atoms with Gasteiger partial charge in [-0.15, -0.1) is 0 Å². The van der Waals surface area contributed by atoms with Crippen molar-refractivity contribution in [3.8, 4) is 5.75 Å². The fourth-order valence-corrected chi connectivity index (χ4v) is 1.31. The molecule has 0 radical (unpaired) electrons. The first-order chi connectivity index (χ1) is 7.54. The van der Waals surface area contributed by atoms with Crippen LogP contribution >= 0.6 is 0 Å². The maximum Gasteiger partial charge on any atom is 0.251 e. The zero-order valence-corrected chi connectivity index (χ0v) is 9.36. The van der Waals surface area contributed by atoms with Gasteiger partial charge in [-0.3, -0.25) is 9.59 Å². The number of ketones is 1. The molecule has 0 bridgehead atoms. The molecule has 0 saturated heterocycles. The molecule has 1 unspecified atom stereocenters. The molecule has 0 heterocycles. The van der Waals surface area contributed by atoms with Crippen molar-refractivity contribution in [2.45, 2.75) is 26.3 Å². The number of hydrogen-bond donors (Lipinski definition) is 2. The molecule has 86 valence electrons. The fourth-order valence-electron chi connectivity index (χ4n) is 1.31. The summed E-state index contributed by atoms with van der Waals surface area (Å²) in [6.45, 7) is 3.39. The molecular weight excluding hydrogens is 206 g/mol. The lowest BCUT2D eigenvalue weighted by atomic mass is 10.1. The summed E-state index contributed by atoms with van der Waals surface area (Å²) >= 11 is 0. The summed E-state index contributed by atoms with van der Waals surface area (Å²) < 4.78 is 0. The van der Waals surface area contributed by atoms with E-state index in [1.807, 2.05) is 0 Å². The van der Waals surface area contributed by atoms with Gasteiger partial charge >= 0.3 is 0 Å². The summed E-state index contributed by atoms with van der Waals surface area (Å²) in [5.41, 5.74) is 0.343. The second kappa shape index (κ2) is 5.30. The molecule has 1 amide bonds. The largest absolute Gasteiger partial charge is 0.508 e. The van der Waals surface area contributed by atoms with Gasteiger partial charge in [0.2, 0.25) is 0 Å². The SMILES string of the molecule is CCC(=O)C(C)NC(=O)c1cccc(O)c1. The van der Waals surface area contributed by atoms with Crippen LogP contribution in [0, 0.1) is 0 Å². The zero-order chi connectivity index (χ0) is 12.1. The van der Waals surface area contributed by atoms with Gasteiger partial charge in [-0.2, -0.15) is 0 Å². The number of phenols is 1. The third kappa shape index (κ3) is 3.08. The molecule has 0 aliphatic carbocycles. The van der Waals surface area contributed by atoms with Gasteiger partial charge < -0.3 is 10.4 Å². The van der Waals surface area contributed by atoms with E-state index in [9.17, 15) is 14.7 Å². The molecule has 0 spiro atoms. The van der Waals surface area contributed by atoms with Crippen molar-refractivity contribution in [2.75, 3.05) is 0 Å². The van der Waals surface area contributed by atoms with E-state index in [-0.39, 0.29) is 17.4 Å². The number of benzene rings is 1. The van der Waals surface area contributed by atoms with Crippen LogP contribution in [0.3, 0.4) is 0 Å². The second-order valence-electron chi connectivity index (χ2n) is 3.57. The fraction of sp³-hybridized carbons (Fsp3) is 0.333. The number of rotatable bonds is 4. The second-order valence-corrected chi connectivity index (χ2v) is 3.57. The molecule has 0 aromatic heterocycles. The van der Waals surface area contributed by atoms with Crippen LogP contribution < -0.4 is 5.32 Å². The number of carbonyl (C=O) groups is 2. The Hall–Kier alpha value is -1.84. The highest BCUT2D eigenvalue weighted by molar-refractivity contribution is 5.97. The number of hydrogen-bond acceptors (Lipinski definition) is 3. The van der Waals surface area contributed by atoms with Crippen LogP contribution in [0.5, 0.6) is 5.75 Å². The molecule has 4 nitrogen and oxygen atoms in total. The first-order valence-corrected chi connectivity index (χ1v) is 5.17. The average Bonchev–Trinajstić information content (AvgIpc) is 2.27. The number of Topliss-reactive ketones (excluding diaryl/α,β-unsaturated/α-hetero) is 1. The Morgan fingerprint density at radius 2 is 2.12 bits per heavy atom. The van der Waals surface area contributed by atoms with E-state index in [1.165, 1.54) is 12.1 Å². The summed E-state index contributed by atoms with van der Waals surface area (Å²) in [7, 11) is 0. The highest BCUT2D eigenvalue weighted by atomic mass is 16.3. The molecule has 4 heteroatoms. The van der Waals surface area contributed by atoms with Gasteiger partial charge in [0.25, 0.3) is 5.91 Å². The van der Waals surface area contributed by atoms with Crippen LogP contribution in [0.15, 0.2) is 24.3 Å². The Bertz CT molecular complexity index is 401. The van der Waals surface area contributed by atoms with Crippen molar-refractivity contribution >= 4 is 11.7 Å². The summed E-state index contributed by atoms with van der Waals surface area (Å²) in [6.07, 6.45) is 0.390. The van der Waals surface area contributed by atoms with Crippen LogP contribution in [0.1, 0.15) is 30.6 Å². The van der Waals surface area contributed by atoms with Gasteiger partial charge in [0.05, 0.1) is 6.04 Å². The molecule has 1 rings (SSSR count). The average molecular weight is 221 g/mol. The molecule has 1 aromatic carbocycles. The molecule has 1 atom stereocenters. The van der Waals surface area contributed by atoms with Crippen molar-refractivity contribution in [3.63, 3.8) is 0 Å². The van der Waals surface area contributed by atoms with Crippen LogP contribution in [-0.2, 0) is 4.79 Å². The molecule has 16 heavy (non-hydrogen) atoms. The standard InChI is InChI=1S/C12H15NO3/c1-3-11(15)8(2)13-12(16)9-5-4-6-10(14)7-9/h4-8,14H,3H2,1-2H3,(H,13,16). The van der Waals surface area contributed by atoms with Crippen molar-refractivity contribution in [2.24, 2.45) is 0 Å². The minimum Gasteiger partial charge on any atom is -0.508 e. The lowest BCUT2D eigenvalue weighted by Gasteiger charge is -2.11. The smallest absolute Gasteiger partial charge is 0.251 e. The van der Waals surface area contributed by atoms with Crippen molar-refractivity contribution in [1.82, 2.24) is 5.32 Å². The maximum atomic E-state index is 11.7. The van der Waals surface area contributed by atoms with Crippen LogP contribution in [0.2, 0.25) is 0 Å². The van der Waals surface area contributed by atoms with E-state index in [2.05, 4.69) is 5.32 Å². The maximum absolute atomic E-state index is 11.7. The van der Waals surface area contributed by atoms with E-state index in [0.717, 1.165) is 0 Å². The molecule has 2 N–H and O–H groups in total. The Balaban J connectivity index is 2.69. The lowest BCUT2D eigenvalue weighted by molar-refractivity contribution is -0.120. The van der Waals surface area contributed by atoms with E-state index in [4.69, 9.17) is 0 Å². The normalized spacial score (nSPS) is 11.9. The number of nitrogens with one attached hydrogen (secondary N) is 1. The molecular formula is C12H15NO3. The predicted molar refractivity (Wildman–Crippen MR) is 60.3 cm³/mol. The minimum atomic E-state index is -0.500.